The van der Waals surface area contributed by atoms with E-state index in [1.807, 2.05) is 35.3 Å². The molecule has 0 aliphatic heterocycles. The molecule has 0 spiro atoms. The second-order valence-electron chi connectivity index (χ2n) is 4.08. The van der Waals surface area contributed by atoms with Crippen LogP contribution in [0.3, 0.4) is 0 Å². The maximum Gasteiger partial charge on any atom is 0.0498 e. The molecule has 106 valence electrons. The van der Waals surface area contributed by atoms with Crippen LogP contribution in [-0.4, -0.2) is 17.3 Å². The van der Waals surface area contributed by atoms with Gasteiger partial charge in [-0.2, -0.15) is 0 Å². The van der Waals surface area contributed by atoms with E-state index >= 15 is 0 Å². The third kappa shape index (κ3) is 5.88. The van der Waals surface area contributed by atoms with Gasteiger partial charge in [-0.15, -0.1) is 35.3 Å². The molecule has 1 unspecified atom stereocenters. The minimum Gasteiger partial charge on any atom is -0.150 e. The topological polar surface area (TPSA) is 0 Å². The number of hydrogen-bond donors (Lipinski definition) is 0. The van der Waals surface area contributed by atoms with E-state index in [1.54, 1.807) is 0 Å². The molecule has 0 heterocycles. The lowest BCUT2D eigenvalue weighted by Gasteiger charge is -2.16. The molecule has 1 aromatic carbocycles. The molecule has 0 N–H and O–H groups in total. The van der Waals surface area contributed by atoms with Gasteiger partial charge < -0.3 is 0 Å². The van der Waals surface area contributed by atoms with Crippen molar-refractivity contribution in [3.05, 3.63) is 45.7 Å². The SMILES string of the molecule is CCSC(=CC(SCC)c1ccccc1C)SCC. The first-order valence-electron chi connectivity index (χ1n) is 6.87. The minimum absolute atomic E-state index is 0.485. The Balaban J connectivity index is 2.99. The molecule has 0 fully saturated rings. The zero-order valence-corrected chi connectivity index (χ0v) is 14.8. The quantitative estimate of drug-likeness (QED) is 0.566. The monoisotopic (exact) mass is 312 g/mol. The fourth-order valence-corrected chi connectivity index (χ4v) is 5.14. The molecule has 3 heteroatoms. The molecule has 0 saturated heterocycles. The Morgan fingerprint density at radius 3 is 2.21 bits per heavy atom. The highest BCUT2D eigenvalue weighted by Gasteiger charge is 2.12. The molecule has 1 aromatic rings. The third-order valence-corrected chi connectivity index (χ3v) is 5.91. The van der Waals surface area contributed by atoms with Crippen molar-refractivity contribution < 1.29 is 0 Å². The van der Waals surface area contributed by atoms with Crippen LogP contribution < -0.4 is 0 Å². The van der Waals surface area contributed by atoms with Crippen molar-refractivity contribution >= 4 is 35.3 Å². The van der Waals surface area contributed by atoms with E-state index in [-0.39, 0.29) is 0 Å². The first-order chi connectivity index (χ1) is 9.22. The van der Waals surface area contributed by atoms with Crippen molar-refractivity contribution in [3.8, 4) is 0 Å². The standard InChI is InChI=1S/C16H24S3/c1-5-17-15(12-16(18-6-2)19-7-3)14-11-9-8-10-13(14)4/h8-12,15H,5-7H2,1-4H3. The first-order valence-corrected chi connectivity index (χ1v) is 9.89. The second-order valence-corrected chi connectivity index (χ2v) is 8.37. The van der Waals surface area contributed by atoms with Gasteiger partial charge in [0, 0.05) is 9.49 Å². The van der Waals surface area contributed by atoms with Crippen LogP contribution in [0.5, 0.6) is 0 Å². The normalized spacial score (nSPS) is 12.2. The summed E-state index contributed by atoms with van der Waals surface area (Å²) in [6.07, 6.45) is 2.46. The fourth-order valence-electron chi connectivity index (χ4n) is 1.86. The number of thioether (sulfide) groups is 3. The van der Waals surface area contributed by atoms with Crippen LogP contribution in [0, 0.1) is 6.92 Å². The van der Waals surface area contributed by atoms with Crippen LogP contribution in [0.15, 0.2) is 34.6 Å². The Bertz CT molecular complexity index is 391. The summed E-state index contributed by atoms with van der Waals surface area (Å²) in [6, 6.07) is 8.76. The molecule has 19 heavy (non-hydrogen) atoms. The van der Waals surface area contributed by atoms with E-state index < -0.39 is 0 Å². The average Bonchev–Trinajstić information content (AvgIpc) is 2.39. The second kappa shape index (κ2) is 9.84. The van der Waals surface area contributed by atoms with Crippen molar-refractivity contribution in [3.63, 3.8) is 0 Å². The number of benzene rings is 1. The van der Waals surface area contributed by atoms with Gasteiger partial charge >= 0.3 is 0 Å². The predicted octanol–water partition coefficient (Wildman–Crippen LogP) is 6.14. The summed E-state index contributed by atoms with van der Waals surface area (Å²) in [6.45, 7) is 8.91. The summed E-state index contributed by atoms with van der Waals surface area (Å²) < 4.78 is 1.47. The minimum atomic E-state index is 0.485. The van der Waals surface area contributed by atoms with Crippen molar-refractivity contribution in [2.45, 2.75) is 32.9 Å². The summed E-state index contributed by atoms with van der Waals surface area (Å²) in [4.78, 5) is 0. The van der Waals surface area contributed by atoms with Gasteiger partial charge in [-0.1, -0.05) is 45.0 Å². The molecule has 0 nitrogen and oxygen atoms in total. The third-order valence-electron chi connectivity index (χ3n) is 2.70. The highest BCUT2D eigenvalue weighted by atomic mass is 32.2. The summed E-state index contributed by atoms with van der Waals surface area (Å²) >= 11 is 5.95. The Morgan fingerprint density at radius 2 is 1.68 bits per heavy atom. The molecule has 0 bridgehead atoms. The Morgan fingerprint density at radius 1 is 1.05 bits per heavy atom. The maximum atomic E-state index is 2.46. The maximum absolute atomic E-state index is 2.46. The van der Waals surface area contributed by atoms with Gasteiger partial charge in [0.15, 0.2) is 0 Å². The van der Waals surface area contributed by atoms with Gasteiger partial charge in [-0.3, -0.25) is 0 Å². The summed E-state index contributed by atoms with van der Waals surface area (Å²) in [7, 11) is 0. The molecule has 0 aromatic heterocycles. The van der Waals surface area contributed by atoms with Crippen molar-refractivity contribution in [1.29, 1.82) is 0 Å². The largest absolute Gasteiger partial charge is 0.150 e. The van der Waals surface area contributed by atoms with Gasteiger partial charge in [-0.05, 0) is 41.4 Å². The molecule has 0 radical (unpaired) electrons. The van der Waals surface area contributed by atoms with Gasteiger partial charge in [0.25, 0.3) is 0 Å². The average molecular weight is 313 g/mol. The van der Waals surface area contributed by atoms with Crippen LogP contribution in [0.2, 0.25) is 0 Å². The smallest absolute Gasteiger partial charge is 0.0498 e. The zero-order chi connectivity index (χ0) is 14.1. The van der Waals surface area contributed by atoms with Gasteiger partial charge in [-0.25, -0.2) is 0 Å². The first kappa shape index (κ1) is 17.1. The zero-order valence-electron chi connectivity index (χ0n) is 12.3. The van der Waals surface area contributed by atoms with Crippen LogP contribution in [0.1, 0.15) is 37.1 Å². The van der Waals surface area contributed by atoms with E-state index in [0.717, 1.165) is 17.3 Å². The fraction of sp³-hybridized carbons (Fsp3) is 0.500. The molecule has 1 atom stereocenters. The summed E-state index contributed by atoms with van der Waals surface area (Å²) in [5.41, 5.74) is 2.85. The van der Waals surface area contributed by atoms with E-state index in [9.17, 15) is 0 Å². The highest BCUT2D eigenvalue weighted by molar-refractivity contribution is 8.22. The molecular formula is C16H24S3. The highest BCUT2D eigenvalue weighted by Crippen LogP contribution is 2.38. The van der Waals surface area contributed by atoms with Crippen molar-refractivity contribution in [1.82, 2.24) is 0 Å². The Hall–Kier alpha value is 0.01000. The Labute approximate surface area is 131 Å². The van der Waals surface area contributed by atoms with E-state index in [4.69, 9.17) is 0 Å². The van der Waals surface area contributed by atoms with E-state index in [2.05, 4.69) is 58.0 Å². The van der Waals surface area contributed by atoms with Gasteiger partial charge in [0.05, 0.1) is 0 Å². The molecular weight excluding hydrogens is 288 g/mol. The van der Waals surface area contributed by atoms with Crippen LogP contribution in [0.25, 0.3) is 0 Å². The summed E-state index contributed by atoms with van der Waals surface area (Å²) in [5, 5.41) is 0.485. The predicted molar refractivity (Wildman–Crippen MR) is 96.4 cm³/mol. The summed E-state index contributed by atoms with van der Waals surface area (Å²) in [5.74, 6) is 3.45. The molecule has 0 saturated carbocycles. The Kier molecular flexibility index (Phi) is 8.84. The lowest BCUT2D eigenvalue weighted by molar-refractivity contribution is 1.18. The lowest BCUT2D eigenvalue weighted by atomic mass is 10.1. The van der Waals surface area contributed by atoms with Gasteiger partial charge in [0.1, 0.15) is 0 Å². The molecule has 1 rings (SSSR count). The van der Waals surface area contributed by atoms with Crippen molar-refractivity contribution in [2.75, 3.05) is 17.3 Å². The molecule has 0 aliphatic rings. The molecule has 0 aliphatic carbocycles. The molecule has 0 amide bonds. The van der Waals surface area contributed by atoms with E-state index in [1.165, 1.54) is 15.4 Å². The lowest BCUT2D eigenvalue weighted by Crippen LogP contribution is -1.95. The van der Waals surface area contributed by atoms with Crippen LogP contribution >= 0.6 is 35.3 Å². The number of rotatable bonds is 8. The van der Waals surface area contributed by atoms with E-state index in [0.29, 0.717) is 5.25 Å². The van der Waals surface area contributed by atoms with Crippen molar-refractivity contribution in [2.24, 2.45) is 0 Å². The number of aryl methyl sites for hydroxylation is 1. The van der Waals surface area contributed by atoms with Crippen LogP contribution in [0.4, 0.5) is 0 Å². The van der Waals surface area contributed by atoms with Crippen LogP contribution in [-0.2, 0) is 0 Å². The van der Waals surface area contributed by atoms with Gasteiger partial charge in [0.2, 0.25) is 0 Å². The number of hydrogen-bond acceptors (Lipinski definition) is 3.